The number of hydrogen-bond donors (Lipinski definition) is 1. The number of benzene rings is 1. The van der Waals surface area contributed by atoms with Crippen LogP contribution in [0.3, 0.4) is 0 Å². The summed E-state index contributed by atoms with van der Waals surface area (Å²) < 4.78 is 5.79. The number of nitrogens with two attached hydrogens (primary N) is 1. The maximum Gasteiger partial charge on any atom is 0.272 e. The molecule has 0 saturated carbocycles. The second-order valence-electron chi connectivity index (χ2n) is 6.30. The lowest BCUT2D eigenvalue weighted by atomic mass is 9.92. The fourth-order valence-corrected chi connectivity index (χ4v) is 3.00. The van der Waals surface area contributed by atoms with Gasteiger partial charge in [0.15, 0.2) is 0 Å². The van der Waals surface area contributed by atoms with Crippen LogP contribution in [0.2, 0.25) is 0 Å². The Labute approximate surface area is 166 Å². The molecular formula is C19H25Cl2N3O2. The van der Waals surface area contributed by atoms with E-state index in [2.05, 4.69) is 4.98 Å². The van der Waals surface area contributed by atoms with Crippen molar-refractivity contribution in [2.24, 2.45) is 11.7 Å². The molecule has 2 aromatic rings. The summed E-state index contributed by atoms with van der Waals surface area (Å²) in [4.78, 5) is 18.8. The summed E-state index contributed by atoms with van der Waals surface area (Å²) >= 11 is 0. The Bertz CT molecular complexity index is 698. The number of carbonyl (C=O) groups is 1. The molecule has 1 fully saturated rings. The van der Waals surface area contributed by atoms with Crippen molar-refractivity contribution >= 4 is 30.7 Å². The fourth-order valence-electron chi connectivity index (χ4n) is 3.00. The van der Waals surface area contributed by atoms with Crippen molar-refractivity contribution in [1.82, 2.24) is 9.88 Å². The second-order valence-corrected chi connectivity index (χ2v) is 6.30. The van der Waals surface area contributed by atoms with Gasteiger partial charge in [0, 0.05) is 31.4 Å². The van der Waals surface area contributed by atoms with Crippen LogP contribution in [-0.2, 0) is 0 Å². The first-order valence-corrected chi connectivity index (χ1v) is 8.37. The summed E-state index contributed by atoms with van der Waals surface area (Å²) in [6.45, 7) is 3.46. The molecule has 1 amide bonds. The van der Waals surface area contributed by atoms with Crippen LogP contribution in [0, 0.1) is 5.92 Å². The van der Waals surface area contributed by atoms with Gasteiger partial charge in [-0.25, -0.2) is 0 Å². The summed E-state index contributed by atoms with van der Waals surface area (Å²) in [6.07, 6.45) is 3.67. The van der Waals surface area contributed by atoms with E-state index < -0.39 is 0 Å². The number of para-hydroxylation sites is 1. The average Bonchev–Trinajstić information content (AvgIpc) is 2.62. The number of halogens is 2. The quantitative estimate of drug-likeness (QED) is 0.848. The number of rotatable bonds is 4. The molecule has 142 valence electrons. The first kappa shape index (κ1) is 22.2. The monoisotopic (exact) mass is 397 g/mol. The van der Waals surface area contributed by atoms with Crippen LogP contribution in [0.15, 0.2) is 48.7 Å². The predicted molar refractivity (Wildman–Crippen MR) is 108 cm³/mol. The molecule has 1 aliphatic heterocycles. The van der Waals surface area contributed by atoms with E-state index in [0.717, 1.165) is 25.1 Å². The number of aromatic nitrogens is 1. The van der Waals surface area contributed by atoms with Gasteiger partial charge in [0.2, 0.25) is 0 Å². The standard InChI is InChI=1S/C19H23N3O2.2ClH/c1-14(20)15-6-5-11-22(13-15)19(23)18-12-17(9-10-21-18)24-16-7-3-2-4-8-16;;/h2-4,7-10,12,14-15H,5-6,11,13,20H2,1H3;2*1H. The van der Waals surface area contributed by atoms with Crippen LogP contribution in [0.4, 0.5) is 0 Å². The number of hydrogen-bond acceptors (Lipinski definition) is 4. The van der Waals surface area contributed by atoms with Gasteiger partial charge in [0.1, 0.15) is 17.2 Å². The van der Waals surface area contributed by atoms with E-state index >= 15 is 0 Å². The Morgan fingerprint density at radius 1 is 1.23 bits per heavy atom. The Kier molecular flexibility index (Phi) is 8.85. The zero-order valence-electron chi connectivity index (χ0n) is 14.7. The topological polar surface area (TPSA) is 68.5 Å². The zero-order chi connectivity index (χ0) is 16.9. The Morgan fingerprint density at radius 2 is 1.96 bits per heavy atom. The number of nitrogens with zero attached hydrogens (tertiary/aromatic N) is 2. The van der Waals surface area contributed by atoms with Gasteiger partial charge in [-0.05, 0) is 43.9 Å². The summed E-state index contributed by atoms with van der Waals surface area (Å²) in [6, 6.07) is 13.0. The van der Waals surface area contributed by atoms with Gasteiger partial charge < -0.3 is 15.4 Å². The van der Waals surface area contributed by atoms with Gasteiger partial charge >= 0.3 is 0 Å². The highest BCUT2D eigenvalue weighted by Gasteiger charge is 2.27. The molecule has 0 radical (unpaired) electrons. The van der Waals surface area contributed by atoms with E-state index in [1.54, 1.807) is 18.3 Å². The Hall–Kier alpha value is -1.82. The number of pyridine rings is 1. The minimum Gasteiger partial charge on any atom is -0.457 e. The van der Waals surface area contributed by atoms with Crippen molar-refractivity contribution in [3.05, 3.63) is 54.4 Å². The third-order valence-corrected chi connectivity index (χ3v) is 4.42. The highest BCUT2D eigenvalue weighted by Crippen LogP contribution is 2.23. The molecule has 2 unspecified atom stereocenters. The van der Waals surface area contributed by atoms with Gasteiger partial charge in [-0.3, -0.25) is 9.78 Å². The van der Waals surface area contributed by atoms with Crippen LogP contribution in [0.25, 0.3) is 0 Å². The van der Waals surface area contributed by atoms with Crippen molar-refractivity contribution in [2.75, 3.05) is 13.1 Å². The van der Waals surface area contributed by atoms with E-state index in [-0.39, 0.29) is 36.8 Å². The molecule has 0 spiro atoms. The zero-order valence-corrected chi connectivity index (χ0v) is 16.3. The Balaban J connectivity index is 0.00000169. The van der Waals surface area contributed by atoms with E-state index in [1.165, 1.54) is 0 Å². The predicted octanol–water partition coefficient (Wildman–Crippen LogP) is 3.92. The van der Waals surface area contributed by atoms with E-state index in [1.807, 2.05) is 42.2 Å². The normalized spacial score (nSPS) is 17.5. The third kappa shape index (κ3) is 5.59. The van der Waals surface area contributed by atoms with Gasteiger partial charge in [-0.1, -0.05) is 18.2 Å². The molecule has 1 aromatic carbocycles. The lowest BCUT2D eigenvalue weighted by Gasteiger charge is -2.34. The summed E-state index contributed by atoms with van der Waals surface area (Å²) in [7, 11) is 0. The maximum absolute atomic E-state index is 12.7. The van der Waals surface area contributed by atoms with Crippen molar-refractivity contribution in [3.63, 3.8) is 0 Å². The van der Waals surface area contributed by atoms with Gasteiger partial charge in [0.25, 0.3) is 5.91 Å². The minimum absolute atomic E-state index is 0. The van der Waals surface area contributed by atoms with E-state index in [9.17, 15) is 4.79 Å². The molecule has 1 saturated heterocycles. The lowest BCUT2D eigenvalue weighted by molar-refractivity contribution is 0.0654. The number of carbonyl (C=O) groups excluding carboxylic acids is 1. The van der Waals surface area contributed by atoms with Crippen molar-refractivity contribution in [2.45, 2.75) is 25.8 Å². The molecule has 5 nitrogen and oxygen atoms in total. The molecule has 2 atom stereocenters. The summed E-state index contributed by atoms with van der Waals surface area (Å²) in [5.41, 5.74) is 6.42. The van der Waals surface area contributed by atoms with E-state index in [0.29, 0.717) is 23.9 Å². The highest BCUT2D eigenvalue weighted by atomic mass is 35.5. The third-order valence-electron chi connectivity index (χ3n) is 4.42. The summed E-state index contributed by atoms with van der Waals surface area (Å²) in [5.74, 6) is 1.64. The molecule has 7 heteroatoms. The first-order chi connectivity index (χ1) is 11.6. The minimum atomic E-state index is -0.0566. The van der Waals surface area contributed by atoms with Crippen molar-refractivity contribution in [1.29, 1.82) is 0 Å². The number of piperidine rings is 1. The van der Waals surface area contributed by atoms with Crippen molar-refractivity contribution in [3.8, 4) is 11.5 Å². The molecule has 1 aliphatic rings. The molecule has 0 aliphatic carbocycles. The largest absolute Gasteiger partial charge is 0.457 e. The molecule has 26 heavy (non-hydrogen) atoms. The van der Waals surface area contributed by atoms with Gasteiger partial charge in [-0.15, -0.1) is 24.8 Å². The van der Waals surface area contributed by atoms with Crippen LogP contribution in [0.1, 0.15) is 30.3 Å². The smallest absolute Gasteiger partial charge is 0.272 e. The number of likely N-dealkylation sites (tertiary alicyclic amines) is 1. The van der Waals surface area contributed by atoms with Crippen LogP contribution in [0.5, 0.6) is 11.5 Å². The van der Waals surface area contributed by atoms with Crippen LogP contribution < -0.4 is 10.5 Å². The molecular weight excluding hydrogens is 373 g/mol. The van der Waals surface area contributed by atoms with Gasteiger partial charge in [-0.2, -0.15) is 0 Å². The van der Waals surface area contributed by atoms with Crippen LogP contribution >= 0.6 is 24.8 Å². The summed E-state index contributed by atoms with van der Waals surface area (Å²) in [5, 5.41) is 0. The SMILES string of the molecule is CC(N)C1CCCN(C(=O)c2cc(Oc3ccccc3)ccn2)C1.Cl.Cl. The number of amides is 1. The molecule has 0 bridgehead atoms. The molecule has 2 N–H and O–H groups in total. The molecule has 1 aromatic heterocycles. The van der Waals surface area contributed by atoms with Crippen LogP contribution in [-0.4, -0.2) is 34.9 Å². The highest BCUT2D eigenvalue weighted by molar-refractivity contribution is 5.92. The number of ether oxygens (including phenoxy) is 1. The second kappa shape index (κ2) is 10.4. The lowest BCUT2D eigenvalue weighted by Crippen LogP contribution is -2.45. The molecule has 2 heterocycles. The maximum atomic E-state index is 12.7. The Morgan fingerprint density at radius 3 is 2.65 bits per heavy atom. The van der Waals surface area contributed by atoms with Gasteiger partial charge in [0.05, 0.1) is 0 Å². The average molecular weight is 398 g/mol. The first-order valence-electron chi connectivity index (χ1n) is 8.37. The molecule has 3 rings (SSSR count). The fraction of sp³-hybridized carbons (Fsp3) is 0.368. The van der Waals surface area contributed by atoms with Crippen molar-refractivity contribution < 1.29 is 9.53 Å². The van der Waals surface area contributed by atoms with E-state index in [4.69, 9.17) is 10.5 Å².